The predicted octanol–water partition coefficient (Wildman–Crippen LogP) is 21.7. The molecule has 0 amide bonds. The fourth-order valence-electron chi connectivity index (χ4n) is 14.4. The van der Waals surface area contributed by atoms with Crippen molar-refractivity contribution in [3.05, 3.63) is 283 Å². The molecular weight excluding hydrogens is 1270 g/mol. The van der Waals surface area contributed by atoms with Gasteiger partial charge in [0.05, 0.1) is 34.3 Å². The molecule has 0 atom stereocenters. The molecule has 9 aromatic carbocycles. The second-order valence-electron chi connectivity index (χ2n) is 24.2. The topological polar surface area (TPSA) is 147 Å². The van der Waals surface area contributed by atoms with Crippen LogP contribution in [0.15, 0.2) is 205 Å². The number of aromatic nitrogens is 4. The molecule has 0 N–H and O–H groups in total. The monoisotopic (exact) mass is 1310 g/mol. The van der Waals surface area contributed by atoms with Crippen LogP contribution < -0.4 is 0 Å². The normalized spacial score (nSPS) is 13.0. The Labute approximate surface area is 565 Å². The van der Waals surface area contributed by atoms with Gasteiger partial charge in [0.1, 0.15) is 57.5 Å². The molecule has 0 saturated heterocycles. The largest absolute Gasteiger partial charge is 0.192 e. The first-order valence-electron chi connectivity index (χ1n) is 30.4. The van der Waals surface area contributed by atoms with Gasteiger partial charge in [-0.1, -0.05) is 168 Å². The third-order valence-corrected chi connectivity index (χ3v) is 24.8. The molecule has 442 valence electrons. The van der Waals surface area contributed by atoms with E-state index in [4.69, 9.17) is 8.75 Å². The van der Waals surface area contributed by atoms with E-state index in [1.54, 1.807) is 34.8 Å². The molecule has 94 heavy (non-hydrogen) atoms. The Hall–Kier alpha value is -10.6. The maximum absolute atomic E-state index is 9.58. The van der Waals surface area contributed by atoms with E-state index in [2.05, 4.69) is 206 Å². The highest BCUT2D eigenvalue weighted by atomic mass is 32.1. The summed E-state index contributed by atoms with van der Waals surface area (Å²) >= 11 is 9.46. The summed E-state index contributed by atoms with van der Waals surface area (Å²) in [6, 6.07) is 81.2. The molecule has 6 aromatic heterocycles. The van der Waals surface area contributed by atoms with Crippen LogP contribution in [0.1, 0.15) is 77.9 Å². The molecule has 2 aliphatic rings. The first-order chi connectivity index (χ1) is 46.0. The van der Waals surface area contributed by atoms with Crippen molar-refractivity contribution in [1.82, 2.24) is 17.5 Å². The number of hydrogen-bond donors (Lipinski definition) is 0. The number of hydrogen-bond acceptors (Lipinski definition) is 14. The second kappa shape index (κ2) is 22.0. The van der Waals surface area contributed by atoms with Crippen molar-refractivity contribution in [3.8, 4) is 86.9 Å². The first-order valence-corrected chi connectivity index (χ1v) is 35.1. The van der Waals surface area contributed by atoms with E-state index in [1.807, 2.05) is 71.2 Å². The number of fused-ring (bicyclic) bond motifs is 12. The lowest BCUT2D eigenvalue weighted by molar-refractivity contribution is 0.765. The number of nitrogens with zero attached hydrogens (tertiary/aromatic N) is 8. The Morgan fingerprint density at radius 2 is 0.660 bits per heavy atom. The third-order valence-electron chi connectivity index (χ3n) is 18.8. The predicted molar refractivity (Wildman–Crippen MR) is 389 cm³/mol. The molecule has 15 aromatic rings. The van der Waals surface area contributed by atoms with Crippen molar-refractivity contribution < 1.29 is 0 Å². The van der Waals surface area contributed by atoms with Gasteiger partial charge >= 0.3 is 0 Å². The Bertz CT molecular complexity index is 5470. The van der Waals surface area contributed by atoms with Gasteiger partial charge in [0, 0.05) is 60.9 Å². The summed E-state index contributed by atoms with van der Waals surface area (Å²) in [5.41, 5.74) is 24.3. The van der Waals surface area contributed by atoms with Crippen LogP contribution in [0.4, 0.5) is 0 Å². The summed E-state index contributed by atoms with van der Waals surface area (Å²) in [4.78, 5) is 6.76. The molecule has 14 heteroatoms. The van der Waals surface area contributed by atoms with Gasteiger partial charge in [-0.25, -0.2) is 0 Å². The minimum absolute atomic E-state index is 0.0178. The van der Waals surface area contributed by atoms with Gasteiger partial charge in [0.2, 0.25) is 0 Å². The number of aryl methyl sites for hydroxylation is 4. The van der Waals surface area contributed by atoms with Crippen molar-refractivity contribution in [3.63, 3.8) is 0 Å². The van der Waals surface area contributed by atoms with Crippen molar-refractivity contribution in [2.24, 2.45) is 0 Å². The average molecular weight is 1310 g/mol. The molecule has 0 aliphatic heterocycles. The summed E-state index contributed by atoms with van der Waals surface area (Å²) in [6.07, 6.45) is 3.17. The van der Waals surface area contributed by atoms with Crippen LogP contribution in [0, 0.1) is 73.0 Å². The zero-order chi connectivity index (χ0) is 63.7. The highest BCUT2D eigenvalue weighted by Gasteiger charge is 2.53. The SMILES string of the molecule is Cc1ccc(C2(c3ccc(C)cc3)c3cc4c(cc3-c3ccc5cc(-c6ccc(-c7ccc(C=C(C#N)C#N)c8nsnc78)s6)sc5c32)C(c2ccc(C)cc2)(c2ccc(C)cc2)c2c-4ccc3cc(-c4ccc(-c5ccc(C=C(C#N)C#N)c6nsnc56)s4)sc23)cc1. The first kappa shape index (κ1) is 57.3. The molecule has 0 spiro atoms. The number of nitriles is 4. The summed E-state index contributed by atoms with van der Waals surface area (Å²) in [5, 5.41) is 40.7. The van der Waals surface area contributed by atoms with E-state index in [0.717, 1.165) is 65.1 Å². The molecule has 0 fully saturated rings. The summed E-state index contributed by atoms with van der Waals surface area (Å²) in [7, 11) is 0. The highest BCUT2D eigenvalue weighted by Crippen LogP contribution is 2.66. The second-order valence-corrected chi connectivity index (χ2v) is 29.5. The Morgan fingerprint density at radius 1 is 0.330 bits per heavy atom. The maximum Gasteiger partial charge on any atom is 0.130 e. The summed E-state index contributed by atoms with van der Waals surface area (Å²) < 4.78 is 21.2. The van der Waals surface area contributed by atoms with E-state index < -0.39 is 10.8 Å². The minimum atomic E-state index is -0.747. The van der Waals surface area contributed by atoms with E-state index in [1.165, 1.54) is 119 Å². The standard InChI is InChI=1S/C80H46N8S6/c1-43-5-17-53(18-6-43)79(54-19-7-44(2)8-20-54)63-37-62-58-26-16-52-36-70(68-32-30-66(90-68)60-28-14-50(34-48(41-83)42-84)74-76(60)88-94-86-74)92-78(52)72(58)80(55-21-9-45(3)10-22-55,56-23-11-46(4)12-24-56)64(62)38-61(63)57-25-15-51-35-69(91-77(51)71(57)79)67-31-29-65(89-67)59-27-13-49(33-47(39-81)40-82)73-75(59)87-93-85-73/h5-38H,1-4H3. The zero-order valence-corrected chi connectivity index (χ0v) is 55.6. The van der Waals surface area contributed by atoms with Gasteiger partial charge in [-0.05, 0) is 166 Å². The van der Waals surface area contributed by atoms with Crippen LogP contribution in [0.3, 0.4) is 0 Å². The molecule has 0 saturated carbocycles. The van der Waals surface area contributed by atoms with Gasteiger partial charge in [-0.3, -0.25) is 0 Å². The molecular formula is C80H46N8S6. The van der Waals surface area contributed by atoms with Crippen molar-refractivity contribution in [2.45, 2.75) is 38.5 Å². The molecule has 0 bridgehead atoms. The highest BCUT2D eigenvalue weighted by molar-refractivity contribution is 7.28. The van der Waals surface area contributed by atoms with Crippen LogP contribution in [-0.2, 0) is 10.8 Å². The van der Waals surface area contributed by atoms with Gasteiger partial charge in [-0.2, -0.15) is 38.5 Å². The number of allylic oxidation sites excluding steroid dienone is 2. The van der Waals surface area contributed by atoms with E-state index in [-0.39, 0.29) is 11.1 Å². The zero-order valence-electron chi connectivity index (χ0n) is 50.7. The smallest absolute Gasteiger partial charge is 0.130 e. The van der Waals surface area contributed by atoms with Gasteiger partial charge in [-0.15, -0.1) is 45.3 Å². The number of benzene rings is 9. The lowest BCUT2D eigenvalue weighted by Crippen LogP contribution is -2.30. The van der Waals surface area contributed by atoms with Crippen LogP contribution in [0.25, 0.3) is 117 Å². The molecule has 6 heterocycles. The van der Waals surface area contributed by atoms with E-state index in [9.17, 15) is 21.0 Å². The molecule has 8 nitrogen and oxygen atoms in total. The lowest BCUT2D eigenvalue weighted by atomic mass is 9.65. The van der Waals surface area contributed by atoms with E-state index in [0.29, 0.717) is 22.2 Å². The number of rotatable bonds is 10. The summed E-state index contributed by atoms with van der Waals surface area (Å²) in [6.45, 7) is 8.70. The fourth-order valence-corrected chi connectivity index (χ4v) is 20.4. The third kappa shape index (κ3) is 8.59. The van der Waals surface area contributed by atoms with Crippen LogP contribution in [0.2, 0.25) is 0 Å². The van der Waals surface area contributed by atoms with Crippen LogP contribution >= 0.6 is 68.8 Å². The fraction of sp³-hybridized carbons (Fsp3) is 0.0750. The maximum atomic E-state index is 9.58. The number of thiophene rings is 4. The van der Waals surface area contributed by atoms with E-state index >= 15 is 0 Å². The van der Waals surface area contributed by atoms with Crippen LogP contribution in [-0.4, -0.2) is 17.5 Å². The van der Waals surface area contributed by atoms with Crippen molar-refractivity contribution in [2.75, 3.05) is 0 Å². The molecule has 17 rings (SSSR count). The van der Waals surface area contributed by atoms with Crippen molar-refractivity contribution >= 4 is 123 Å². The Morgan fingerprint density at radius 3 is 1.01 bits per heavy atom. The van der Waals surface area contributed by atoms with Crippen molar-refractivity contribution in [1.29, 1.82) is 21.0 Å². The molecule has 2 aliphatic carbocycles. The van der Waals surface area contributed by atoms with Gasteiger partial charge < -0.3 is 0 Å². The lowest BCUT2D eigenvalue weighted by Gasteiger charge is -2.36. The molecule has 0 radical (unpaired) electrons. The minimum Gasteiger partial charge on any atom is -0.192 e. The van der Waals surface area contributed by atoms with Crippen LogP contribution in [0.5, 0.6) is 0 Å². The average Bonchev–Trinajstić information content (AvgIpc) is 1.50. The van der Waals surface area contributed by atoms with Gasteiger partial charge in [0.15, 0.2) is 0 Å². The molecule has 0 unspecified atom stereocenters. The Kier molecular flexibility index (Phi) is 13.4. The van der Waals surface area contributed by atoms with Gasteiger partial charge in [0.25, 0.3) is 0 Å². The summed E-state index contributed by atoms with van der Waals surface area (Å²) in [5.74, 6) is 0. The Balaban J connectivity index is 0.888. The quantitative estimate of drug-likeness (QED) is 0.123.